The predicted molar refractivity (Wildman–Crippen MR) is 124 cm³/mol. The van der Waals surface area contributed by atoms with Crippen LogP contribution < -0.4 is 16.0 Å². The average Bonchev–Trinajstić information content (AvgIpc) is 3.16. The molecular weight excluding hydrogens is 441 g/mol. The number of nitrogens with zero attached hydrogens (tertiary/aromatic N) is 3. The maximum atomic E-state index is 12.0. The second-order valence-electron chi connectivity index (χ2n) is 6.10. The molecule has 2 aromatic rings. The minimum absolute atomic E-state index is 0. The second kappa shape index (κ2) is 14.0. The minimum atomic E-state index is -0.107. The van der Waals surface area contributed by atoms with Crippen LogP contribution in [0.4, 0.5) is 5.69 Å². The zero-order valence-corrected chi connectivity index (χ0v) is 18.8. The highest BCUT2D eigenvalue weighted by molar-refractivity contribution is 7.09. The maximum absolute atomic E-state index is 12.0. The lowest BCUT2D eigenvalue weighted by Crippen LogP contribution is -2.47. The van der Waals surface area contributed by atoms with Gasteiger partial charge in [-0.15, -0.1) is 48.6 Å². The molecule has 1 aromatic carbocycles. The largest absolute Gasteiger partial charge is 0.369 e. The molecule has 3 N–H and O–H groups in total. The van der Waals surface area contributed by atoms with Crippen LogP contribution in [0.15, 0.2) is 35.7 Å². The fourth-order valence-electron chi connectivity index (χ4n) is 2.97. The molecule has 1 saturated heterocycles. The highest BCUT2D eigenvalue weighted by atomic mass is 35.5. The van der Waals surface area contributed by atoms with E-state index in [0.717, 1.165) is 44.2 Å². The van der Waals surface area contributed by atoms with Crippen molar-refractivity contribution in [1.29, 1.82) is 0 Å². The summed E-state index contributed by atoms with van der Waals surface area (Å²) in [6.07, 6.45) is 0.949. The number of thiazole rings is 1. The Hall–Kier alpha value is -1.09. The molecule has 158 valence electrons. The van der Waals surface area contributed by atoms with E-state index in [2.05, 4.69) is 50.4 Å². The monoisotopic (exact) mass is 467 g/mol. The van der Waals surface area contributed by atoms with Gasteiger partial charge in [-0.1, -0.05) is 18.2 Å². The summed E-state index contributed by atoms with van der Waals surface area (Å²) >= 11 is 1.43. The number of nitrogens with one attached hydrogen (secondary N) is 1. The van der Waals surface area contributed by atoms with Gasteiger partial charge in [0.25, 0.3) is 5.91 Å². The van der Waals surface area contributed by atoms with Crippen LogP contribution in [0.1, 0.15) is 21.9 Å². The molecule has 3 rings (SSSR count). The van der Waals surface area contributed by atoms with Crippen LogP contribution in [0.5, 0.6) is 0 Å². The van der Waals surface area contributed by atoms with E-state index in [-0.39, 0.29) is 43.1 Å². The molecule has 28 heavy (non-hydrogen) atoms. The van der Waals surface area contributed by atoms with Gasteiger partial charge in [0.15, 0.2) is 0 Å². The van der Waals surface area contributed by atoms with Crippen molar-refractivity contribution >= 4 is 60.2 Å². The van der Waals surface area contributed by atoms with Gasteiger partial charge in [-0.05, 0) is 25.1 Å². The minimum Gasteiger partial charge on any atom is -0.369 e. The average molecular weight is 469 g/mol. The van der Waals surface area contributed by atoms with Crippen LogP contribution in [0.3, 0.4) is 0 Å². The van der Waals surface area contributed by atoms with Crippen LogP contribution in [-0.2, 0) is 6.54 Å². The lowest BCUT2D eigenvalue weighted by molar-refractivity contribution is 0.0947. The number of nitrogens with two attached hydrogens (primary N) is 1. The highest BCUT2D eigenvalue weighted by Crippen LogP contribution is 2.15. The molecular formula is C18H28Cl3N5OS. The van der Waals surface area contributed by atoms with Crippen molar-refractivity contribution in [3.05, 3.63) is 46.4 Å². The summed E-state index contributed by atoms with van der Waals surface area (Å²) in [6, 6.07) is 10.6. The summed E-state index contributed by atoms with van der Waals surface area (Å²) in [6.45, 7) is 6.30. The molecule has 0 unspecified atom stereocenters. The van der Waals surface area contributed by atoms with Gasteiger partial charge in [-0.3, -0.25) is 9.69 Å². The molecule has 1 aliphatic heterocycles. The summed E-state index contributed by atoms with van der Waals surface area (Å²) in [5.41, 5.74) is 7.30. The third kappa shape index (κ3) is 7.73. The summed E-state index contributed by atoms with van der Waals surface area (Å²) in [4.78, 5) is 21.1. The normalized spacial score (nSPS) is 13.7. The molecule has 0 bridgehead atoms. The van der Waals surface area contributed by atoms with E-state index in [4.69, 9.17) is 5.73 Å². The molecule has 0 atom stereocenters. The van der Waals surface area contributed by atoms with E-state index in [1.54, 1.807) is 5.38 Å². The van der Waals surface area contributed by atoms with Crippen molar-refractivity contribution in [2.45, 2.75) is 13.0 Å². The highest BCUT2D eigenvalue weighted by Gasteiger charge is 2.16. The van der Waals surface area contributed by atoms with Crippen molar-refractivity contribution in [2.24, 2.45) is 5.73 Å². The van der Waals surface area contributed by atoms with Gasteiger partial charge in [-0.2, -0.15) is 0 Å². The zero-order valence-electron chi connectivity index (χ0n) is 15.6. The summed E-state index contributed by atoms with van der Waals surface area (Å²) in [7, 11) is 0. The number of aromatic nitrogens is 1. The van der Waals surface area contributed by atoms with Gasteiger partial charge in [0, 0.05) is 50.3 Å². The number of hydrogen-bond acceptors (Lipinski definition) is 6. The molecule has 1 aliphatic rings. The lowest BCUT2D eigenvalue weighted by Gasteiger charge is -2.36. The van der Waals surface area contributed by atoms with Crippen molar-refractivity contribution in [2.75, 3.05) is 44.2 Å². The summed E-state index contributed by atoms with van der Waals surface area (Å²) < 4.78 is 0. The first-order valence-corrected chi connectivity index (χ1v) is 9.59. The third-order valence-electron chi connectivity index (χ3n) is 4.39. The third-order valence-corrected chi connectivity index (χ3v) is 5.26. The van der Waals surface area contributed by atoms with Gasteiger partial charge in [0.2, 0.25) is 0 Å². The number of piperazine rings is 1. The van der Waals surface area contributed by atoms with E-state index in [1.807, 2.05) is 0 Å². The second-order valence-corrected chi connectivity index (χ2v) is 7.05. The molecule has 0 radical (unpaired) electrons. The van der Waals surface area contributed by atoms with Crippen LogP contribution in [0.2, 0.25) is 0 Å². The van der Waals surface area contributed by atoms with E-state index >= 15 is 0 Å². The molecule has 2 heterocycles. The molecule has 1 fully saturated rings. The quantitative estimate of drug-likeness (QED) is 0.611. The summed E-state index contributed by atoms with van der Waals surface area (Å²) in [5, 5.41) is 5.50. The number of anilines is 1. The van der Waals surface area contributed by atoms with E-state index in [0.29, 0.717) is 18.8 Å². The maximum Gasteiger partial charge on any atom is 0.270 e. The smallest absolute Gasteiger partial charge is 0.270 e. The SMILES string of the molecule is Cl.Cl.Cl.NCc1nc(C(=O)NCCCN2CCN(c3ccccc3)CC2)cs1. The predicted octanol–water partition coefficient (Wildman–Crippen LogP) is 2.81. The first kappa shape index (κ1) is 26.9. The fourth-order valence-corrected chi connectivity index (χ4v) is 3.63. The molecule has 0 aliphatic carbocycles. The van der Waals surface area contributed by atoms with E-state index < -0.39 is 0 Å². The Morgan fingerprint density at radius 3 is 2.39 bits per heavy atom. The summed E-state index contributed by atoms with van der Waals surface area (Å²) in [5.74, 6) is -0.107. The van der Waals surface area contributed by atoms with Crippen LogP contribution in [0.25, 0.3) is 0 Å². The first-order valence-electron chi connectivity index (χ1n) is 8.71. The molecule has 6 nitrogen and oxygen atoms in total. The number of para-hydroxylation sites is 1. The number of rotatable bonds is 7. The Kier molecular flexibility index (Phi) is 13.4. The number of halogens is 3. The Morgan fingerprint density at radius 1 is 1.11 bits per heavy atom. The van der Waals surface area contributed by atoms with Crippen molar-refractivity contribution in [3.63, 3.8) is 0 Å². The number of benzene rings is 1. The van der Waals surface area contributed by atoms with E-state index in [1.165, 1.54) is 17.0 Å². The lowest BCUT2D eigenvalue weighted by atomic mass is 10.2. The van der Waals surface area contributed by atoms with Crippen molar-refractivity contribution in [3.8, 4) is 0 Å². The zero-order chi connectivity index (χ0) is 17.5. The molecule has 1 amide bonds. The van der Waals surface area contributed by atoms with Gasteiger partial charge in [0.05, 0.1) is 0 Å². The fraction of sp³-hybridized carbons (Fsp3) is 0.444. The number of carbonyl (C=O) groups is 1. The molecule has 0 saturated carbocycles. The standard InChI is InChI=1S/C18H25N5OS.3ClH/c19-13-17-21-16(14-25-17)18(24)20-7-4-8-22-9-11-23(12-10-22)15-5-2-1-3-6-15;;;/h1-3,5-6,14H,4,7-13,19H2,(H,20,24);3*1H. The Bertz CT molecular complexity index is 681. The van der Waals surface area contributed by atoms with Crippen LogP contribution >= 0.6 is 48.6 Å². The number of carbonyl (C=O) groups excluding carboxylic acids is 1. The molecule has 10 heteroatoms. The van der Waals surface area contributed by atoms with Crippen LogP contribution in [-0.4, -0.2) is 55.1 Å². The molecule has 0 spiro atoms. The van der Waals surface area contributed by atoms with Gasteiger partial charge in [0.1, 0.15) is 10.7 Å². The van der Waals surface area contributed by atoms with E-state index in [9.17, 15) is 4.79 Å². The Balaban J connectivity index is 0.00000243. The Morgan fingerprint density at radius 2 is 1.79 bits per heavy atom. The number of amides is 1. The van der Waals surface area contributed by atoms with Crippen LogP contribution in [0, 0.1) is 0 Å². The first-order chi connectivity index (χ1) is 12.3. The van der Waals surface area contributed by atoms with Crippen molar-refractivity contribution < 1.29 is 4.79 Å². The number of hydrogen-bond donors (Lipinski definition) is 2. The van der Waals surface area contributed by atoms with Gasteiger partial charge >= 0.3 is 0 Å². The molecule has 1 aromatic heterocycles. The van der Waals surface area contributed by atoms with Gasteiger partial charge < -0.3 is 16.0 Å². The topological polar surface area (TPSA) is 74.5 Å². The van der Waals surface area contributed by atoms with Gasteiger partial charge in [-0.25, -0.2) is 4.98 Å². The Labute approximate surface area is 189 Å². The van der Waals surface area contributed by atoms with Crippen molar-refractivity contribution in [1.82, 2.24) is 15.2 Å².